The Morgan fingerprint density at radius 1 is 1.62 bits per heavy atom. The van der Waals surface area contributed by atoms with E-state index in [2.05, 4.69) is 18.3 Å². The molecule has 16 heavy (non-hydrogen) atoms. The van der Waals surface area contributed by atoms with Gasteiger partial charge in [-0.05, 0) is 29.9 Å². The molecule has 0 aromatic carbocycles. The first-order valence-electron chi connectivity index (χ1n) is 5.45. The molecule has 1 amide bonds. The summed E-state index contributed by atoms with van der Waals surface area (Å²) < 4.78 is 0. The summed E-state index contributed by atoms with van der Waals surface area (Å²) in [7, 11) is 0. The van der Waals surface area contributed by atoms with E-state index in [1.807, 2.05) is 18.4 Å². The molecule has 1 aromatic heterocycles. The summed E-state index contributed by atoms with van der Waals surface area (Å²) in [4.78, 5) is 12.8. The van der Waals surface area contributed by atoms with Crippen LogP contribution in [-0.2, 0) is 17.8 Å². The zero-order valence-electron chi connectivity index (χ0n) is 9.62. The minimum atomic E-state index is -0.523. The maximum atomic E-state index is 11.6. The van der Waals surface area contributed by atoms with Gasteiger partial charge in [0.1, 0.15) is 5.92 Å². The summed E-state index contributed by atoms with van der Waals surface area (Å²) in [5, 5.41) is 13.6. The van der Waals surface area contributed by atoms with Crippen LogP contribution < -0.4 is 5.32 Å². The second kappa shape index (κ2) is 6.29. The first-order valence-corrected chi connectivity index (χ1v) is 6.33. The molecule has 1 heterocycles. The van der Waals surface area contributed by atoms with Crippen LogP contribution in [0.5, 0.6) is 0 Å². The molecule has 1 unspecified atom stereocenters. The lowest BCUT2D eigenvalue weighted by Crippen LogP contribution is -2.29. The number of rotatable bonds is 5. The molecule has 0 fully saturated rings. The lowest BCUT2D eigenvalue weighted by atomic mass is 10.1. The van der Waals surface area contributed by atoms with Crippen molar-refractivity contribution in [2.45, 2.75) is 33.2 Å². The first kappa shape index (κ1) is 12.7. The maximum Gasteiger partial charge on any atom is 0.237 e. The van der Waals surface area contributed by atoms with Crippen molar-refractivity contribution >= 4 is 17.2 Å². The van der Waals surface area contributed by atoms with Crippen LogP contribution in [0.3, 0.4) is 0 Å². The van der Waals surface area contributed by atoms with Crippen molar-refractivity contribution in [1.82, 2.24) is 5.32 Å². The van der Waals surface area contributed by atoms with E-state index in [9.17, 15) is 4.79 Å². The zero-order valence-corrected chi connectivity index (χ0v) is 10.4. The molecule has 3 nitrogen and oxygen atoms in total. The highest BCUT2D eigenvalue weighted by Gasteiger charge is 2.15. The molecular formula is C12H16N2OS. The van der Waals surface area contributed by atoms with E-state index in [1.165, 1.54) is 10.4 Å². The predicted molar refractivity (Wildman–Crippen MR) is 64.9 cm³/mol. The Morgan fingerprint density at radius 2 is 2.38 bits per heavy atom. The predicted octanol–water partition coefficient (Wildman–Crippen LogP) is 2.48. The molecule has 0 aliphatic rings. The summed E-state index contributed by atoms with van der Waals surface area (Å²) in [6.07, 6.45) is 1.54. The number of aryl methyl sites for hydroxylation is 1. The second-order valence-electron chi connectivity index (χ2n) is 3.53. The van der Waals surface area contributed by atoms with Crippen LogP contribution >= 0.6 is 11.3 Å². The molecule has 86 valence electrons. The number of nitrogens with one attached hydrogen (secondary N) is 1. The van der Waals surface area contributed by atoms with E-state index < -0.39 is 5.92 Å². The summed E-state index contributed by atoms with van der Waals surface area (Å²) in [5.41, 5.74) is 1.27. The quantitative estimate of drug-likeness (QED) is 0.854. The Balaban J connectivity index is 2.52. The van der Waals surface area contributed by atoms with Crippen LogP contribution in [0.2, 0.25) is 0 Å². The minimum Gasteiger partial charge on any atom is -0.350 e. The van der Waals surface area contributed by atoms with Gasteiger partial charge >= 0.3 is 0 Å². The second-order valence-corrected chi connectivity index (χ2v) is 4.53. The highest BCUT2D eigenvalue weighted by Crippen LogP contribution is 2.17. The van der Waals surface area contributed by atoms with E-state index in [4.69, 9.17) is 5.26 Å². The van der Waals surface area contributed by atoms with Gasteiger partial charge in [0, 0.05) is 4.88 Å². The lowest BCUT2D eigenvalue weighted by Gasteiger charge is -2.08. The Hall–Kier alpha value is -1.34. The average molecular weight is 236 g/mol. The zero-order chi connectivity index (χ0) is 12.0. The van der Waals surface area contributed by atoms with E-state index in [-0.39, 0.29) is 5.91 Å². The Kier molecular flexibility index (Phi) is 5.00. The topological polar surface area (TPSA) is 52.9 Å². The average Bonchev–Trinajstić information content (AvgIpc) is 2.75. The first-order chi connectivity index (χ1) is 7.72. The minimum absolute atomic E-state index is 0.166. The van der Waals surface area contributed by atoms with Crippen molar-refractivity contribution in [3.8, 4) is 6.07 Å². The Bertz CT molecular complexity index is 392. The van der Waals surface area contributed by atoms with Crippen LogP contribution in [-0.4, -0.2) is 5.91 Å². The monoisotopic (exact) mass is 236 g/mol. The fourth-order valence-electron chi connectivity index (χ4n) is 1.46. The molecule has 0 aliphatic heterocycles. The number of hydrogen-bond acceptors (Lipinski definition) is 3. The summed E-state index contributed by atoms with van der Waals surface area (Å²) in [6.45, 7) is 4.48. The third-order valence-corrected chi connectivity index (χ3v) is 3.49. The van der Waals surface area contributed by atoms with E-state index in [0.717, 1.165) is 6.42 Å². The van der Waals surface area contributed by atoms with E-state index >= 15 is 0 Å². The smallest absolute Gasteiger partial charge is 0.237 e. The number of nitriles is 1. The molecular weight excluding hydrogens is 220 g/mol. The third-order valence-electron chi connectivity index (χ3n) is 2.52. The van der Waals surface area contributed by atoms with Gasteiger partial charge < -0.3 is 5.32 Å². The molecule has 1 rings (SSSR count). The normalized spacial score (nSPS) is 11.8. The molecule has 1 N–H and O–H groups in total. The molecule has 1 aromatic rings. The van der Waals surface area contributed by atoms with Gasteiger partial charge in [-0.25, -0.2) is 0 Å². The number of nitrogens with zero attached hydrogens (tertiary/aromatic N) is 1. The van der Waals surface area contributed by atoms with Gasteiger partial charge in [0.15, 0.2) is 0 Å². The highest BCUT2D eigenvalue weighted by atomic mass is 32.1. The standard InChI is InChI=1S/C12H16N2OS/c1-3-9-5-6-16-11(9)8-14-12(15)10(4-2)7-13/h5-6,10H,3-4,8H2,1-2H3,(H,14,15). The molecule has 0 radical (unpaired) electrons. The molecule has 0 aliphatic carbocycles. The van der Waals surface area contributed by atoms with Crippen LogP contribution in [0.4, 0.5) is 0 Å². The van der Waals surface area contributed by atoms with Crippen LogP contribution in [0.25, 0.3) is 0 Å². The van der Waals surface area contributed by atoms with Gasteiger partial charge in [-0.3, -0.25) is 4.79 Å². The molecule has 0 spiro atoms. The van der Waals surface area contributed by atoms with Gasteiger partial charge in [0.2, 0.25) is 5.91 Å². The largest absolute Gasteiger partial charge is 0.350 e. The molecule has 0 saturated heterocycles. The van der Waals surface area contributed by atoms with Crippen LogP contribution in [0.15, 0.2) is 11.4 Å². The summed E-state index contributed by atoms with van der Waals surface area (Å²) >= 11 is 1.65. The van der Waals surface area contributed by atoms with Crippen LogP contribution in [0.1, 0.15) is 30.7 Å². The van der Waals surface area contributed by atoms with E-state index in [1.54, 1.807) is 11.3 Å². The van der Waals surface area contributed by atoms with Crippen molar-refractivity contribution in [3.05, 3.63) is 21.9 Å². The SMILES string of the molecule is CCc1ccsc1CNC(=O)C(C#N)CC. The number of amides is 1. The number of carbonyl (C=O) groups excluding carboxylic acids is 1. The Labute approximate surface area is 100 Å². The van der Waals surface area contributed by atoms with Crippen molar-refractivity contribution in [3.63, 3.8) is 0 Å². The maximum absolute atomic E-state index is 11.6. The van der Waals surface area contributed by atoms with E-state index in [0.29, 0.717) is 13.0 Å². The Morgan fingerprint density at radius 3 is 2.94 bits per heavy atom. The van der Waals surface area contributed by atoms with Gasteiger partial charge in [0.25, 0.3) is 0 Å². The van der Waals surface area contributed by atoms with Gasteiger partial charge in [-0.1, -0.05) is 13.8 Å². The number of thiophene rings is 1. The number of carbonyl (C=O) groups is 1. The van der Waals surface area contributed by atoms with Gasteiger partial charge in [-0.2, -0.15) is 5.26 Å². The third kappa shape index (κ3) is 3.07. The number of hydrogen-bond donors (Lipinski definition) is 1. The van der Waals surface area contributed by atoms with Crippen molar-refractivity contribution in [2.75, 3.05) is 0 Å². The lowest BCUT2D eigenvalue weighted by molar-refractivity contribution is -0.123. The molecule has 1 atom stereocenters. The van der Waals surface area contributed by atoms with Gasteiger partial charge in [-0.15, -0.1) is 11.3 Å². The summed E-state index contributed by atoms with van der Waals surface area (Å²) in [5.74, 6) is -0.689. The van der Waals surface area contributed by atoms with Crippen molar-refractivity contribution in [1.29, 1.82) is 5.26 Å². The van der Waals surface area contributed by atoms with Crippen molar-refractivity contribution in [2.24, 2.45) is 5.92 Å². The van der Waals surface area contributed by atoms with Crippen molar-refractivity contribution < 1.29 is 4.79 Å². The molecule has 4 heteroatoms. The fraction of sp³-hybridized carbons (Fsp3) is 0.500. The molecule has 0 saturated carbocycles. The fourth-order valence-corrected chi connectivity index (χ4v) is 2.38. The summed E-state index contributed by atoms with van der Waals surface area (Å²) in [6, 6.07) is 4.08. The highest BCUT2D eigenvalue weighted by molar-refractivity contribution is 7.10. The van der Waals surface area contributed by atoms with Crippen LogP contribution in [0, 0.1) is 17.2 Å². The van der Waals surface area contributed by atoms with Gasteiger partial charge in [0.05, 0.1) is 12.6 Å². The molecule has 0 bridgehead atoms.